The number of nitrogens with zero attached hydrogens (tertiary/aromatic N) is 3. The lowest BCUT2D eigenvalue weighted by atomic mass is 9.85. The number of carbonyl (C=O) groups excluding carboxylic acids is 1. The molecular formula is C18H16N4O. The normalized spacial score (nSPS) is 11.0. The summed E-state index contributed by atoms with van der Waals surface area (Å²) in [4.78, 5) is 25.4. The molecule has 3 aromatic rings. The van der Waals surface area contributed by atoms with E-state index in [4.69, 9.17) is 0 Å². The Morgan fingerprint density at radius 1 is 0.783 bits per heavy atom. The van der Waals surface area contributed by atoms with E-state index in [0.29, 0.717) is 17.1 Å². The summed E-state index contributed by atoms with van der Waals surface area (Å²) >= 11 is 0. The molecule has 3 heterocycles. The van der Waals surface area contributed by atoms with Crippen molar-refractivity contribution in [2.24, 2.45) is 0 Å². The van der Waals surface area contributed by atoms with Gasteiger partial charge in [-0.25, -0.2) is 0 Å². The Morgan fingerprint density at radius 3 is 1.43 bits per heavy atom. The number of rotatable bonds is 4. The van der Waals surface area contributed by atoms with Crippen molar-refractivity contribution in [1.82, 2.24) is 20.3 Å². The van der Waals surface area contributed by atoms with E-state index in [1.54, 1.807) is 18.6 Å². The molecule has 0 aliphatic rings. The third-order valence-corrected chi connectivity index (χ3v) is 3.51. The first-order valence-electron chi connectivity index (χ1n) is 7.27. The van der Waals surface area contributed by atoms with Crippen LogP contribution in [0.4, 0.5) is 0 Å². The predicted molar refractivity (Wildman–Crippen MR) is 86.4 cm³/mol. The fourth-order valence-corrected chi connectivity index (χ4v) is 2.60. The lowest BCUT2D eigenvalue weighted by Gasteiger charge is -2.33. The zero-order chi connectivity index (χ0) is 16.1. The molecule has 5 heteroatoms. The Labute approximate surface area is 134 Å². The van der Waals surface area contributed by atoms with Crippen LogP contribution in [0.1, 0.15) is 24.0 Å². The van der Waals surface area contributed by atoms with Crippen molar-refractivity contribution >= 4 is 5.91 Å². The Balaban J connectivity index is 2.32. The van der Waals surface area contributed by atoms with Crippen LogP contribution in [-0.2, 0) is 10.3 Å². The van der Waals surface area contributed by atoms with Gasteiger partial charge in [0.15, 0.2) is 5.54 Å². The Bertz CT molecular complexity index is 679. The van der Waals surface area contributed by atoms with Crippen molar-refractivity contribution in [3.8, 4) is 0 Å². The van der Waals surface area contributed by atoms with Crippen molar-refractivity contribution in [1.29, 1.82) is 0 Å². The maximum atomic E-state index is 12.0. The van der Waals surface area contributed by atoms with Gasteiger partial charge in [0, 0.05) is 25.5 Å². The lowest BCUT2D eigenvalue weighted by molar-refractivity contribution is -0.120. The highest BCUT2D eigenvalue weighted by atomic mass is 16.1. The monoisotopic (exact) mass is 304 g/mol. The Hall–Kier alpha value is -3.08. The summed E-state index contributed by atoms with van der Waals surface area (Å²) in [6.45, 7) is 1.48. The third kappa shape index (κ3) is 2.81. The van der Waals surface area contributed by atoms with Gasteiger partial charge in [-0.15, -0.1) is 0 Å². The first-order chi connectivity index (χ1) is 11.2. The summed E-state index contributed by atoms with van der Waals surface area (Å²) in [7, 11) is 0. The highest BCUT2D eigenvalue weighted by molar-refractivity contribution is 5.75. The first-order valence-corrected chi connectivity index (χ1v) is 7.27. The average molecular weight is 304 g/mol. The fourth-order valence-electron chi connectivity index (χ4n) is 2.60. The van der Waals surface area contributed by atoms with Crippen LogP contribution in [0.15, 0.2) is 73.2 Å². The summed E-state index contributed by atoms with van der Waals surface area (Å²) in [5.74, 6) is -0.188. The smallest absolute Gasteiger partial charge is 0.218 e. The molecule has 0 aromatic carbocycles. The molecule has 114 valence electrons. The van der Waals surface area contributed by atoms with Crippen LogP contribution in [-0.4, -0.2) is 20.9 Å². The second-order valence-corrected chi connectivity index (χ2v) is 5.08. The van der Waals surface area contributed by atoms with E-state index in [1.807, 2.05) is 54.6 Å². The third-order valence-electron chi connectivity index (χ3n) is 3.51. The van der Waals surface area contributed by atoms with Gasteiger partial charge in [0.2, 0.25) is 5.91 Å². The van der Waals surface area contributed by atoms with Crippen LogP contribution in [0.25, 0.3) is 0 Å². The van der Waals surface area contributed by atoms with Gasteiger partial charge in [0.05, 0.1) is 17.1 Å². The van der Waals surface area contributed by atoms with Crippen LogP contribution in [0.2, 0.25) is 0 Å². The maximum absolute atomic E-state index is 12.0. The van der Waals surface area contributed by atoms with E-state index in [1.165, 1.54) is 6.92 Å². The summed E-state index contributed by atoms with van der Waals surface area (Å²) in [5.41, 5.74) is 0.947. The molecule has 0 radical (unpaired) electrons. The minimum atomic E-state index is -1.03. The van der Waals surface area contributed by atoms with Gasteiger partial charge in [-0.3, -0.25) is 19.7 Å². The maximum Gasteiger partial charge on any atom is 0.218 e. The molecule has 1 N–H and O–H groups in total. The van der Waals surface area contributed by atoms with Crippen LogP contribution in [0.3, 0.4) is 0 Å². The van der Waals surface area contributed by atoms with Gasteiger partial charge < -0.3 is 5.32 Å². The van der Waals surface area contributed by atoms with Gasteiger partial charge in [-0.2, -0.15) is 0 Å². The molecule has 3 rings (SSSR count). The minimum absolute atomic E-state index is 0.188. The molecule has 0 saturated carbocycles. The van der Waals surface area contributed by atoms with Crippen molar-refractivity contribution in [3.05, 3.63) is 90.3 Å². The Kier molecular flexibility index (Phi) is 4.10. The SMILES string of the molecule is CC(=O)NC(c1ccccn1)(c1ccccn1)c1ccccn1. The number of hydrogen-bond acceptors (Lipinski definition) is 4. The molecule has 5 nitrogen and oxygen atoms in total. The molecule has 0 bridgehead atoms. The van der Waals surface area contributed by atoms with E-state index in [0.717, 1.165) is 0 Å². The largest absolute Gasteiger partial charge is 0.335 e. The van der Waals surface area contributed by atoms with Crippen molar-refractivity contribution in [2.45, 2.75) is 12.5 Å². The van der Waals surface area contributed by atoms with Crippen LogP contribution >= 0.6 is 0 Å². The molecule has 23 heavy (non-hydrogen) atoms. The van der Waals surface area contributed by atoms with Gasteiger partial charge in [-0.05, 0) is 36.4 Å². The first kappa shape index (κ1) is 14.8. The van der Waals surface area contributed by atoms with Gasteiger partial charge in [0.1, 0.15) is 0 Å². The molecule has 0 unspecified atom stereocenters. The predicted octanol–water partition coefficient (Wildman–Crippen LogP) is 2.30. The second-order valence-electron chi connectivity index (χ2n) is 5.08. The van der Waals surface area contributed by atoms with Crippen LogP contribution < -0.4 is 5.32 Å². The number of carbonyl (C=O) groups is 1. The quantitative estimate of drug-likeness (QED) is 0.803. The summed E-state index contributed by atoms with van der Waals surface area (Å²) < 4.78 is 0. The zero-order valence-electron chi connectivity index (χ0n) is 12.7. The lowest BCUT2D eigenvalue weighted by Crippen LogP contribution is -2.48. The zero-order valence-corrected chi connectivity index (χ0v) is 12.7. The van der Waals surface area contributed by atoms with Crippen LogP contribution in [0.5, 0.6) is 0 Å². The fraction of sp³-hybridized carbons (Fsp3) is 0.111. The molecule has 0 atom stereocenters. The average Bonchev–Trinajstić information content (AvgIpc) is 2.62. The molecule has 0 spiro atoms. The molecule has 0 aliphatic carbocycles. The van der Waals surface area contributed by atoms with E-state index >= 15 is 0 Å². The second kappa shape index (κ2) is 6.36. The summed E-state index contributed by atoms with van der Waals surface area (Å²) in [6, 6.07) is 16.7. The number of nitrogens with one attached hydrogen (secondary N) is 1. The van der Waals surface area contributed by atoms with Crippen molar-refractivity contribution < 1.29 is 4.79 Å². The molecule has 3 aromatic heterocycles. The molecule has 0 saturated heterocycles. The van der Waals surface area contributed by atoms with E-state index in [-0.39, 0.29) is 5.91 Å². The standard InChI is InChI=1S/C18H16N4O/c1-14(23)22-18(15-8-2-5-11-19-15,16-9-3-6-12-20-16)17-10-4-7-13-21-17/h2-13H,1H3,(H,22,23). The van der Waals surface area contributed by atoms with Crippen LogP contribution in [0, 0.1) is 0 Å². The van der Waals surface area contributed by atoms with Gasteiger partial charge in [-0.1, -0.05) is 18.2 Å². The molecule has 1 amide bonds. The number of hydrogen-bond donors (Lipinski definition) is 1. The van der Waals surface area contributed by atoms with Crippen molar-refractivity contribution in [3.63, 3.8) is 0 Å². The number of amides is 1. The summed E-state index contributed by atoms with van der Waals surface area (Å²) in [5, 5.41) is 3.02. The van der Waals surface area contributed by atoms with E-state index in [9.17, 15) is 4.79 Å². The Morgan fingerprint density at radius 2 is 1.17 bits per heavy atom. The van der Waals surface area contributed by atoms with Crippen molar-refractivity contribution in [2.75, 3.05) is 0 Å². The highest BCUT2D eigenvalue weighted by Crippen LogP contribution is 2.33. The van der Waals surface area contributed by atoms with E-state index in [2.05, 4.69) is 20.3 Å². The number of pyridine rings is 3. The highest BCUT2D eigenvalue weighted by Gasteiger charge is 2.41. The molecule has 0 aliphatic heterocycles. The topological polar surface area (TPSA) is 67.8 Å². The molecule has 0 fully saturated rings. The number of aromatic nitrogens is 3. The summed E-state index contributed by atoms with van der Waals surface area (Å²) in [6.07, 6.45) is 5.08. The minimum Gasteiger partial charge on any atom is -0.335 e. The van der Waals surface area contributed by atoms with E-state index < -0.39 is 5.54 Å². The molecular weight excluding hydrogens is 288 g/mol. The van der Waals surface area contributed by atoms with Gasteiger partial charge in [0.25, 0.3) is 0 Å². The van der Waals surface area contributed by atoms with Gasteiger partial charge >= 0.3 is 0 Å².